The minimum Gasteiger partial charge on any atom is -0.395 e. The highest BCUT2D eigenvalue weighted by Crippen LogP contribution is 2.27. The van der Waals surface area contributed by atoms with E-state index < -0.39 is 0 Å². The fourth-order valence-corrected chi connectivity index (χ4v) is 3.57. The molecule has 5 nitrogen and oxygen atoms in total. The summed E-state index contributed by atoms with van der Waals surface area (Å²) in [6.07, 6.45) is 0.745. The normalized spacial score (nSPS) is 23.7. The standard InChI is InChI=1S/C13H22N4OS/c1-5-10-11(14)12(16(4)15-10)13(18)17-6-7-19-9(3)8(17)2/h8-9H,5-7,14H2,1-4H3. The number of nitrogens with two attached hydrogens (primary N) is 1. The number of aryl methyl sites for hydroxylation is 2. The van der Waals surface area contributed by atoms with Gasteiger partial charge in [0.2, 0.25) is 0 Å². The molecule has 2 atom stereocenters. The van der Waals surface area contributed by atoms with Crippen molar-refractivity contribution in [3.8, 4) is 0 Å². The SMILES string of the molecule is CCc1nn(C)c(C(=O)N2CCSC(C)C2C)c1N. The predicted molar refractivity (Wildman–Crippen MR) is 79.4 cm³/mol. The quantitative estimate of drug-likeness (QED) is 0.893. The van der Waals surface area contributed by atoms with E-state index in [0.29, 0.717) is 16.6 Å². The van der Waals surface area contributed by atoms with Crippen LogP contribution in [0.25, 0.3) is 0 Å². The van der Waals surface area contributed by atoms with Crippen molar-refractivity contribution in [1.82, 2.24) is 14.7 Å². The van der Waals surface area contributed by atoms with Crippen molar-refractivity contribution in [2.24, 2.45) is 7.05 Å². The summed E-state index contributed by atoms with van der Waals surface area (Å²) in [6.45, 7) is 7.04. The first-order valence-electron chi connectivity index (χ1n) is 6.71. The molecular weight excluding hydrogens is 260 g/mol. The fraction of sp³-hybridized carbons (Fsp3) is 0.692. The largest absolute Gasteiger partial charge is 0.395 e. The van der Waals surface area contributed by atoms with Crippen LogP contribution in [0.3, 0.4) is 0 Å². The van der Waals surface area contributed by atoms with E-state index in [-0.39, 0.29) is 11.9 Å². The highest BCUT2D eigenvalue weighted by atomic mass is 32.2. The Morgan fingerprint density at radius 1 is 1.53 bits per heavy atom. The molecule has 1 amide bonds. The molecule has 2 N–H and O–H groups in total. The molecule has 0 aromatic carbocycles. The van der Waals surface area contributed by atoms with E-state index in [2.05, 4.69) is 18.9 Å². The van der Waals surface area contributed by atoms with Crippen LogP contribution in [-0.2, 0) is 13.5 Å². The zero-order chi connectivity index (χ0) is 14.2. The van der Waals surface area contributed by atoms with Crippen LogP contribution < -0.4 is 5.73 Å². The summed E-state index contributed by atoms with van der Waals surface area (Å²) >= 11 is 1.91. The van der Waals surface area contributed by atoms with Gasteiger partial charge in [-0.25, -0.2) is 0 Å². The highest BCUT2D eigenvalue weighted by molar-refractivity contribution is 8.00. The fourth-order valence-electron chi connectivity index (χ4n) is 2.47. The number of rotatable bonds is 2. The third-order valence-electron chi connectivity index (χ3n) is 3.84. The Hall–Kier alpha value is -1.17. The predicted octanol–water partition coefficient (Wildman–Crippen LogP) is 1.53. The maximum Gasteiger partial charge on any atom is 0.274 e. The molecule has 2 rings (SSSR count). The first-order chi connectivity index (χ1) is 8.97. The van der Waals surface area contributed by atoms with Crippen molar-refractivity contribution in [1.29, 1.82) is 0 Å². The van der Waals surface area contributed by atoms with Gasteiger partial charge in [-0.3, -0.25) is 9.48 Å². The lowest BCUT2D eigenvalue weighted by Crippen LogP contribution is -2.48. The number of nitrogens with zero attached hydrogens (tertiary/aromatic N) is 3. The van der Waals surface area contributed by atoms with E-state index in [0.717, 1.165) is 24.4 Å². The lowest BCUT2D eigenvalue weighted by molar-refractivity contribution is 0.0688. The summed E-state index contributed by atoms with van der Waals surface area (Å²) in [5.74, 6) is 0.988. The van der Waals surface area contributed by atoms with Crippen LogP contribution in [-0.4, -0.2) is 44.2 Å². The molecule has 19 heavy (non-hydrogen) atoms. The van der Waals surface area contributed by atoms with Crippen molar-refractivity contribution in [2.45, 2.75) is 38.5 Å². The van der Waals surface area contributed by atoms with Gasteiger partial charge in [0.15, 0.2) is 0 Å². The van der Waals surface area contributed by atoms with Crippen LogP contribution in [0, 0.1) is 0 Å². The Labute approximate surface area is 118 Å². The molecule has 0 spiro atoms. The second-order valence-corrected chi connectivity index (χ2v) is 6.49. The number of anilines is 1. The van der Waals surface area contributed by atoms with Crippen LogP contribution in [0.5, 0.6) is 0 Å². The summed E-state index contributed by atoms with van der Waals surface area (Å²) in [5.41, 5.74) is 7.94. The van der Waals surface area contributed by atoms with Gasteiger partial charge in [-0.05, 0) is 13.3 Å². The molecule has 0 bridgehead atoms. The monoisotopic (exact) mass is 282 g/mol. The number of amides is 1. The number of thioether (sulfide) groups is 1. The summed E-state index contributed by atoms with van der Waals surface area (Å²) in [4.78, 5) is 14.6. The lowest BCUT2D eigenvalue weighted by Gasteiger charge is -2.37. The average Bonchev–Trinajstić information content (AvgIpc) is 2.67. The van der Waals surface area contributed by atoms with Crippen molar-refractivity contribution in [3.05, 3.63) is 11.4 Å². The first-order valence-corrected chi connectivity index (χ1v) is 7.76. The van der Waals surface area contributed by atoms with Crippen molar-refractivity contribution < 1.29 is 4.79 Å². The number of hydrogen-bond acceptors (Lipinski definition) is 4. The Morgan fingerprint density at radius 3 is 2.79 bits per heavy atom. The minimum absolute atomic E-state index is 0.00634. The summed E-state index contributed by atoms with van der Waals surface area (Å²) in [6, 6.07) is 0.227. The second kappa shape index (κ2) is 5.45. The molecule has 1 aromatic rings. The van der Waals surface area contributed by atoms with E-state index in [4.69, 9.17) is 5.73 Å². The third kappa shape index (κ3) is 2.45. The topological polar surface area (TPSA) is 64.2 Å². The molecule has 1 fully saturated rings. The Balaban J connectivity index is 2.31. The molecular formula is C13H22N4OS. The van der Waals surface area contributed by atoms with Crippen molar-refractivity contribution in [2.75, 3.05) is 18.0 Å². The summed E-state index contributed by atoms with van der Waals surface area (Å²) in [5, 5.41) is 4.78. The number of carbonyl (C=O) groups excluding carboxylic acids is 1. The van der Waals surface area contributed by atoms with Crippen LogP contribution in [0.15, 0.2) is 0 Å². The van der Waals surface area contributed by atoms with E-state index in [1.165, 1.54) is 0 Å². The van der Waals surface area contributed by atoms with Crippen molar-refractivity contribution >= 4 is 23.4 Å². The Morgan fingerprint density at radius 2 is 2.21 bits per heavy atom. The van der Waals surface area contributed by atoms with E-state index in [1.807, 2.05) is 23.6 Å². The Bertz CT molecular complexity index is 485. The zero-order valence-electron chi connectivity index (χ0n) is 12.0. The molecule has 1 aromatic heterocycles. The molecule has 106 valence electrons. The van der Waals surface area contributed by atoms with Gasteiger partial charge in [0.05, 0.1) is 11.4 Å². The second-order valence-electron chi connectivity index (χ2n) is 5.00. The van der Waals surface area contributed by atoms with E-state index in [9.17, 15) is 4.79 Å². The van der Waals surface area contributed by atoms with Crippen LogP contribution in [0.1, 0.15) is 37.0 Å². The third-order valence-corrected chi connectivity index (χ3v) is 5.18. The molecule has 2 unspecified atom stereocenters. The number of nitrogen functional groups attached to an aromatic ring is 1. The summed E-state index contributed by atoms with van der Waals surface area (Å²) < 4.78 is 1.62. The van der Waals surface area contributed by atoms with E-state index in [1.54, 1.807) is 11.7 Å². The maximum absolute atomic E-state index is 12.7. The zero-order valence-corrected chi connectivity index (χ0v) is 12.8. The van der Waals surface area contributed by atoms with Crippen molar-refractivity contribution in [3.63, 3.8) is 0 Å². The van der Waals surface area contributed by atoms with Gasteiger partial charge in [-0.1, -0.05) is 13.8 Å². The molecule has 0 aliphatic carbocycles. The van der Waals surface area contributed by atoms with Gasteiger partial charge in [0.1, 0.15) is 5.69 Å². The van der Waals surface area contributed by atoms with Crippen LogP contribution >= 0.6 is 11.8 Å². The van der Waals surface area contributed by atoms with E-state index >= 15 is 0 Å². The van der Waals surface area contributed by atoms with Gasteiger partial charge in [0.25, 0.3) is 5.91 Å². The molecule has 6 heteroatoms. The van der Waals surface area contributed by atoms with Gasteiger partial charge < -0.3 is 10.6 Å². The number of aromatic nitrogens is 2. The van der Waals surface area contributed by atoms with Gasteiger partial charge in [-0.15, -0.1) is 0 Å². The van der Waals surface area contributed by atoms with Gasteiger partial charge in [-0.2, -0.15) is 16.9 Å². The lowest BCUT2D eigenvalue weighted by atomic mass is 10.1. The maximum atomic E-state index is 12.7. The highest BCUT2D eigenvalue weighted by Gasteiger charge is 2.32. The molecule has 2 heterocycles. The van der Waals surface area contributed by atoms with Gasteiger partial charge in [0, 0.05) is 30.6 Å². The smallest absolute Gasteiger partial charge is 0.274 e. The first kappa shape index (κ1) is 14.2. The number of carbonyl (C=O) groups is 1. The molecule has 1 aliphatic heterocycles. The van der Waals surface area contributed by atoms with Gasteiger partial charge >= 0.3 is 0 Å². The van der Waals surface area contributed by atoms with Crippen LogP contribution in [0.4, 0.5) is 5.69 Å². The summed E-state index contributed by atoms with van der Waals surface area (Å²) in [7, 11) is 1.79. The molecule has 0 saturated carbocycles. The molecule has 0 radical (unpaired) electrons. The molecule has 1 saturated heterocycles. The average molecular weight is 282 g/mol. The van der Waals surface area contributed by atoms with Crippen LogP contribution in [0.2, 0.25) is 0 Å². The number of hydrogen-bond donors (Lipinski definition) is 1. The Kier molecular flexibility index (Phi) is 4.08. The minimum atomic E-state index is 0.00634. The molecule has 1 aliphatic rings.